The van der Waals surface area contributed by atoms with Crippen LogP contribution < -0.4 is 0 Å². The Bertz CT molecular complexity index is 280. The normalized spacial score (nSPS) is 10.2. The molecule has 0 aliphatic rings. The van der Waals surface area contributed by atoms with E-state index in [0.717, 1.165) is 23.7 Å². The van der Waals surface area contributed by atoms with Gasteiger partial charge in [0.1, 0.15) is 11.5 Å². The van der Waals surface area contributed by atoms with Gasteiger partial charge in [0.2, 0.25) is 0 Å². The van der Waals surface area contributed by atoms with Crippen molar-refractivity contribution in [2.75, 3.05) is 11.5 Å². The van der Waals surface area contributed by atoms with E-state index in [0.29, 0.717) is 0 Å². The molecule has 0 spiro atoms. The summed E-state index contributed by atoms with van der Waals surface area (Å²) < 4.78 is 5.33. The summed E-state index contributed by atoms with van der Waals surface area (Å²) >= 11 is 1.41. The third-order valence-electron chi connectivity index (χ3n) is 1.51. The molecule has 0 aliphatic carbocycles. The van der Waals surface area contributed by atoms with Crippen LogP contribution in [0.3, 0.4) is 0 Å². The van der Waals surface area contributed by atoms with Crippen LogP contribution in [0.15, 0.2) is 16.5 Å². The molecule has 72 valence electrons. The zero-order valence-corrected chi connectivity index (χ0v) is 8.26. The molecule has 0 bridgehead atoms. The van der Waals surface area contributed by atoms with Crippen LogP contribution in [0.2, 0.25) is 0 Å². The molecule has 1 aromatic heterocycles. The summed E-state index contributed by atoms with van der Waals surface area (Å²) in [4.78, 5) is 10.2. The molecule has 1 rings (SSSR count). The third-order valence-corrected chi connectivity index (χ3v) is 2.46. The van der Waals surface area contributed by atoms with Crippen LogP contribution in [0.4, 0.5) is 0 Å². The maximum Gasteiger partial charge on any atom is 0.313 e. The molecule has 4 heteroatoms. The number of hydrogen-bond acceptors (Lipinski definition) is 3. The summed E-state index contributed by atoms with van der Waals surface area (Å²) in [5.74, 6) is 2.02. The largest absolute Gasteiger partial charge is 0.481 e. The number of rotatable bonds is 5. The Hall–Kier alpha value is -0.900. The summed E-state index contributed by atoms with van der Waals surface area (Å²) in [6.07, 6.45) is 0.797. The Kier molecular flexibility index (Phi) is 3.89. The molecular formula is C9H12O3S. The van der Waals surface area contributed by atoms with Gasteiger partial charge in [0, 0.05) is 12.2 Å². The maximum atomic E-state index is 10.2. The zero-order chi connectivity index (χ0) is 9.68. The standard InChI is InChI=1S/C9H12O3S/c1-7-2-3-8(12-7)4-5-13-6-9(10)11/h2-3H,4-6H2,1H3,(H,10,11). The molecule has 0 amide bonds. The van der Waals surface area contributed by atoms with Crippen molar-refractivity contribution in [3.8, 4) is 0 Å². The molecule has 0 radical (unpaired) electrons. The van der Waals surface area contributed by atoms with Gasteiger partial charge in [-0.25, -0.2) is 0 Å². The van der Waals surface area contributed by atoms with Gasteiger partial charge in [0.05, 0.1) is 5.75 Å². The number of aliphatic carboxylic acids is 1. The Balaban J connectivity index is 2.16. The van der Waals surface area contributed by atoms with Crippen molar-refractivity contribution in [2.24, 2.45) is 0 Å². The van der Waals surface area contributed by atoms with Crippen molar-refractivity contribution in [2.45, 2.75) is 13.3 Å². The van der Waals surface area contributed by atoms with Gasteiger partial charge in [-0.05, 0) is 19.1 Å². The second-order valence-corrected chi connectivity index (χ2v) is 3.81. The molecule has 0 unspecified atom stereocenters. The second kappa shape index (κ2) is 4.97. The third kappa shape index (κ3) is 4.03. The Morgan fingerprint density at radius 3 is 2.92 bits per heavy atom. The van der Waals surface area contributed by atoms with Gasteiger partial charge in [-0.2, -0.15) is 0 Å². The van der Waals surface area contributed by atoms with Gasteiger partial charge in [0.25, 0.3) is 0 Å². The molecule has 0 fully saturated rings. The Labute approximate surface area is 81.1 Å². The molecule has 1 N–H and O–H groups in total. The highest BCUT2D eigenvalue weighted by Crippen LogP contribution is 2.10. The molecule has 0 aromatic carbocycles. The minimum absolute atomic E-state index is 0.166. The van der Waals surface area contributed by atoms with Crippen LogP contribution in [-0.2, 0) is 11.2 Å². The van der Waals surface area contributed by atoms with E-state index < -0.39 is 5.97 Å². The van der Waals surface area contributed by atoms with Crippen LogP contribution in [0, 0.1) is 6.92 Å². The van der Waals surface area contributed by atoms with Gasteiger partial charge in [-0.1, -0.05) is 0 Å². The number of carboxylic acid groups (broad SMARTS) is 1. The van der Waals surface area contributed by atoms with Gasteiger partial charge in [-0.15, -0.1) is 11.8 Å². The Morgan fingerprint density at radius 2 is 2.38 bits per heavy atom. The molecule has 13 heavy (non-hydrogen) atoms. The number of furan rings is 1. The first-order valence-electron chi connectivity index (χ1n) is 4.03. The molecule has 3 nitrogen and oxygen atoms in total. The van der Waals surface area contributed by atoms with Gasteiger partial charge < -0.3 is 9.52 Å². The summed E-state index contributed by atoms with van der Waals surface area (Å²) in [6.45, 7) is 1.90. The highest BCUT2D eigenvalue weighted by Gasteiger charge is 2.00. The molecule has 0 saturated carbocycles. The minimum Gasteiger partial charge on any atom is -0.481 e. The molecule has 0 aliphatic heterocycles. The summed E-state index contributed by atoms with van der Waals surface area (Å²) in [5.41, 5.74) is 0. The van der Waals surface area contributed by atoms with E-state index in [2.05, 4.69) is 0 Å². The molecular weight excluding hydrogens is 188 g/mol. The van der Waals surface area contributed by atoms with Crippen LogP contribution in [-0.4, -0.2) is 22.6 Å². The first kappa shape index (κ1) is 10.2. The van der Waals surface area contributed by atoms with E-state index in [1.54, 1.807) is 0 Å². The van der Waals surface area contributed by atoms with Crippen molar-refractivity contribution >= 4 is 17.7 Å². The average molecular weight is 200 g/mol. The van der Waals surface area contributed by atoms with Crippen LogP contribution in [0.5, 0.6) is 0 Å². The van der Waals surface area contributed by atoms with Crippen molar-refractivity contribution in [3.05, 3.63) is 23.7 Å². The first-order chi connectivity index (χ1) is 6.18. The van der Waals surface area contributed by atoms with Gasteiger partial charge in [0.15, 0.2) is 0 Å². The molecule has 0 saturated heterocycles. The molecule has 1 heterocycles. The SMILES string of the molecule is Cc1ccc(CCSCC(=O)O)o1. The second-order valence-electron chi connectivity index (χ2n) is 2.71. The number of carboxylic acids is 1. The number of thioether (sulfide) groups is 1. The highest BCUT2D eigenvalue weighted by atomic mass is 32.2. The first-order valence-corrected chi connectivity index (χ1v) is 5.19. The lowest BCUT2D eigenvalue weighted by atomic mass is 10.4. The Morgan fingerprint density at radius 1 is 1.62 bits per heavy atom. The number of aryl methyl sites for hydroxylation is 2. The number of carbonyl (C=O) groups is 1. The summed E-state index contributed by atoms with van der Waals surface area (Å²) in [7, 11) is 0. The smallest absolute Gasteiger partial charge is 0.313 e. The van der Waals surface area contributed by atoms with E-state index >= 15 is 0 Å². The monoisotopic (exact) mass is 200 g/mol. The maximum absolute atomic E-state index is 10.2. The quantitative estimate of drug-likeness (QED) is 0.738. The van der Waals surface area contributed by atoms with Crippen molar-refractivity contribution in [1.82, 2.24) is 0 Å². The van der Waals surface area contributed by atoms with Crippen molar-refractivity contribution < 1.29 is 14.3 Å². The topological polar surface area (TPSA) is 50.4 Å². The molecule has 1 aromatic rings. The lowest BCUT2D eigenvalue weighted by Crippen LogP contribution is -1.99. The lowest BCUT2D eigenvalue weighted by Gasteiger charge is -1.95. The summed E-state index contributed by atoms with van der Waals surface area (Å²) in [5, 5.41) is 8.37. The van der Waals surface area contributed by atoms with Crippen molar-refractivity contribution in [1.29, 1.82) is 0 Å². The predicted molar refractivity (Wildman–Crippen MR) is 52.1 cm³/mol. The van der Waals surface area contributed by atoms with Gasteiger partial charge in [-0.3, -0.25) is 4.79 Å². The fourth-order valence-corrected chi connectivity index (χ4v) is 1.62. The van der Waals surface area contributed by atoms with Gasteiger partial charge >= 0.3 is 5.97 Å². The van der Waals surface area contributed by atoms with E-state index in [-0.39, 0.29) is 5.75 Å². The van der Waals surface area contributed by atoms with E-state index in [4.69, 9.17) is 9.52 Å². The van der Waals surface area contributed by atoms with Crippen LogP contribution in [0.1, 0.15) is 11.5 Å². The lowest BCUT2D eigenvalue weighted by molar-refractivity contribution is -0.133. The minimum atomic E-state index is -0.763. The fourth-order valence-electron chi connectivity index (χ4n) is 0.952. The van der Waals surface area contributed by atoms with Crippen molar-refractivity contribution in [3.63, 3.8) is 0 Å². The van der Waals surface area contributed by atoms with E-state index in [9.17, 15) is 4.79 Å². The fraction of sp³-hybridized carbons (Fsp3) is 0.444. The zero-order valence-electron chi connectivity index (χ0n) is 7.45. The van der Waals surface area contributed by atoms with Crippen LogP contribution in [0.25, 0.3) is 0 Å². The predicted octanol–water partition coefficient (Wildman–Crippen LogP) is 1.95. The average Bonchev–Trinajstić information content (AvgIpc) is 2.45. The number of hydrogen-bond donors (Lipinski definition) is 1. The van der Waals surface area contributed by atoms with E-state index in [1.807, 2.05) is 19.1 Å². The highest BCUT2D eigenvalue weighted by molar-refractivity contribution is 7.99. The summed E-state index contributed by atoms with van der Waals surface area (Å²) in [6, 6.07) is 3.84. The van der Waals surface area contributed by atoms with E-state index in [1.165, 1.54) is 11.8 Å². The molecule has 0 atom stereocenters. The van der Waals surface area contributed by atoms with Crippen LogP contribution >= 0.6 is 11.8 Å².